The van der Waals surface area contributed by atoms with Crippen molar-refractivity contribution in [1.29, 1.82) is 0 Å². The average Bonchev–Trinajstić information content (AvgIpc) is 2.13. The molecule has 0 aromatic heterocycles. The van der Waals surface area contributed by atoms with E-state index in [1.807, 2.05) is 0 Å². The van der Waals surface area contributed by atoms with Crippen LogP contribution in [0.1, 0.15) is 31.8 Å². The number of hydrogen-bond acceptors (Lipinski definition) is 6. The standard InChI is InChI=1S/C10H10O7S/c1-4-6(9(11)12)3-7(18(15,16)17)5(2)8(4)10(13)14/h3H,1-2H3,(H,11,12)(H,13,14)(H,15,16,17)/p-2. The van der Waals surface area contributed by atoms with Gasteiger partial charge in [-0.2, -0.15) is 8.42 Å². The Morgan fingerprint density at radius 2 is 1.61 bits per heavy atom. The van der Waals surface area contributed by atoms with Gasteiger partial charge in [0.2, 0.25) is 0 Å². The van der Waals surface area contributed by atoms with Crippen molar-refractivity contribution < 1.29 is 32.8 Å². The summed E-state index contributed by atoms with van der Waals surface area (Å²) in [6.07, 6.45) is 0. The molecule has 0 bridgehead atoms. The predicted molar refractivity (Wildman–Crippen MR) is 54.4 cm³/mol. The van der Waals surface area contributed by atoms with Crippen LogP contribution in [0, 0.1) is 13.8 Å². The van der Waals surface area contributed by atoms with Gasteiger partial charge in [0.15, 0.2) is 0 Å². The first-order chi connectivity index (χ1) is 8.07. The zero-order valence-electron chi connectivity index (χ0n) is 9.38. The van der Waals surface area contributed by atoms with Gasteiger partial charge >= 0.3 is 0 Å². The third kappa shape index (κ3) is 2.34. The Balaban J connectivity index is 3.90. The third-order valence-corrected chi connectivity index (χ3v) is 3.48. The molecule has 0 amide bonds. The zero-order valence-corrected chi connectivity index (χ0v) is 10.2. The molecule has 0 aliphatic rings. The Kier molecular flexibility index (Phi) is 3.45. The fourth-order valence-electron chi connectivity index (χ4n) is 1.67. The maximum Gasteiger partial charge on any atom is 0.294 e. The molecule has 0 heterocycles. The average molecular weight is 272 g/mol. The van der Waals surface area contributed by atoms with Crippen LogP contribution >= 0.6 is 0 Å². The Labute approximate surface area is 102 Å². The van der Waals surface area contributed by atoms with E-state index in [1.54, 1.807) is 0 Å². The molecule has 1 aromatic rings. The van der Waals surface area contributed by atoms with Crippen molar-refractivity contribution in [2.45, 2.75) is 18.7 Å². The molecule has 0 saturated carbocycles. The summed E-state index contributed by atoms with van der Waals surface area (Å²) in [7, 11) is -4.74. The molecular formula is C10H8O7S-2. The molecule has 1 aromatic carbocycles. The lowest BCUT2D eigenvalue weighted by molar-refractivity contribution is -0.255. The summed E-state index contributed by atoms with van der Waals surface area (Å²) in [5.74, 6) is -3.49. The van der Waals surface area contributed by atoms with Gasteiger partial charge in [0, 0.05) is 11.1 Å². The first-order valence-electron chi connectivity index (χ1n) is 4.61. The predicted octanol–water partition coefficient (Wildman–Crippen LogP) is -1.72. The van der Waals surface area contributed by atoms with Gasteiger partial charge in [0.25, 0.3) is 10.1 Å². The second-order valence-electron chi connectivity index (χ2n) is 3.60. The second kappa shape index (κ2) is 4.39. The van der Waals surface area contributed by atoms with Crippen molar-refractivity contribution in [3.05, 3.63) is 28.3 Å². The summed E-state index contributed by atoms with van der Waals surface area (Å²) >= 11 is 0. The molecule has 0 atom stereocenters. The van der Waals surface area contributed by atoms with E-state index in [0.717, 1.165) is 6.92 Å². The Bertz CT molecular complexity index is 643. The van der Waals surface area contributed by atoms with Crippen LogP contribution < -0.4 is 10.2 Å². The smallest absolute Gasteiger partial charge is 0.294 e. The molecular weight excluding hydrogens is 264 g/mol. The summed E-state index contributed by atoms with van der Waals surface area (Å²) in [5, 5.41) is 21.7. The van der Waals surface area contributed by atoms with Gasteiger partial charge in [-0.3, -0.25) is 4.55 Å². The normalized spacial score (nSPS) is 11.3. The van der Waals surface area contributed by atoms with Crippen molar-refractivity contribution >= 4 is 22.1 Å². The molecule has 0 fully saturated rings. The Morgan fingerprint density at radius 3 is 1.94 bits per heavy atom. The minimum atomic E-state index is -4.74. The van der Waals surface area contributed by atoms with E-state index in [-0.39, 0.29) is 11.1 Å². The Morgan fingerprint density at radius 1 is 1.11 bits per heavy atom. The van der Waals surface area contributed by atoms with Gasteiger partial charge < -0.3 is 19.8 Å². The number of benzene rings is 1. The lowest BCUT2D eigenvalue weighted by Gasteiger charge is -2.18. The van der Waals surface area contributed by atoms with Gasteiger partial charge in [-0.1, -0.05) is 0 Å². The van der Waals surface area contributed by atoms with Gasteiger partial charge in [-0.25, -0.2) is 0 Å². The molecule has 1 N–H and O–H groups in total. The monoisotopic (exact) mass is 272 g/mol. The van der Waals surface area contributed by atoms with Crippen molar-refractivity contribution in [2.24, 2.45) is 0 Å². The van der Waals surface area contributed by atoms with Crippen LogP contribution in [0.15, 0.2) is 11.0 Å². The summed E-state index contributed by atoms with van der Waals surface area (Å²) < 4.78 is 31.0. The van der Waals surface area contributed by atoms with Crippen LogP contribution in [-0.4, -0.2) is 24.9 Å². The molecule has 18 heavy (non-hydrogen) atoms. The van der Waals surface area contributed by atoms with Crippen LogP contribution in [0.5, 0.6) is 0 Å². The van der Waals surface area contributed by atoms with Crippen LogP contribution in [0.2, 0.25) is 0 Å². The lowest BCUT2D eigenvalue weighted by atomic mass is 9.97. The largest absolute Gasteiger partial charge is 0.545 e. The Hall–Kier alpha value is -1.93. The zero-order chi connectivity index (χ0) is 14.2. The number of carboxylic acids is 2. The lowest BCUT2D eigenvalue weighted by Crippen LogP contribution is -2.29. The van der Waals surface area contributed by atoms with Crippen molar-refractivity contribution in [2.75, 3.05) is 0 Å². The molecule has 0 unspecified atom stereocenters. The van der Waals surface area contributed by atoms with Crippen molar-refractivity contribution in [3.8, 4) is 0 Å². The molecule has 0 saturated heterocycles. The van der Waals surface area contributed by atoms with Gasteiger partial charge in [-0.15, -0.1) is 0 Å². The quantitative estimate of drug-likeness (QED) is 0.646. The van der Waals surface area contributed by atoms with E-state index < -0.39 is 38.1 Å². The maximum atomic E-state index is 11.0. The molecule has 0 spiro atoms. The van der Waals surface area contributed by atoms with Crippen molar-refractivity contribution in [1.82, 2.24) is 0 Å². The van der Waals surface area contributed by atoms with E-state index in [2.05, 4.69) is 0 Å². The molecule has 98 valence electrons. The number of hydrogen-bond donors (Lipinski definition) is 1. The minimum Gasteiger partial charge on any atom is -0.545 e. The first kappa shape index (κ1) is 14.1. The summed E-state index contributed by atoms with van der Waals surface area (Å²) in [6, 6.07) is 0.655. The number of rotatable bonds is 3. The highest BCUT2D eigenvalue weighted by molar-refractivity contribution is 7.85. The molecule has 0 aliphatic heterocycles. The summed E-state index contributed by atoms with van der Waals surface area (Å²) in [4.78, 5) is 20.9. The molecule has 8 heteroatoms. The first-order valence-corrected chi connectivity index (χ1v) is 6.05. The number of aromatic carboxylic acids is 2. The molecule has 7 nitrogen and oxygen atoms in total. The van der Waals surface area contributed by atoms with E-state index >= 15 is 0 Å². The molecule has 1 rings (SSSR count). The topological polar surface area (TPSA) is 135 Å². The number of carbonyl (C=O) groups is 2. The van der Waals surface area contributed by atoms with Crippen LogP contribution in [-0.2, 0) is 10.1 Å². The SMILES string of the molecule is Cc1c(C(=O)[O-])cc(S(=O)(=O)O)c(C)c1C(=O)[O-]. The third-order valence-electron chi connectivity index (χ3n) is 2.50. The van der Waals surface area contributed by atoms with Crippen LogP contribution in [0.25, 0.3) is 0 Å². The van der Waals surface area contributed by atoms with Crippen LogP contribution in [0.3, 0.4) is 0 Å². The highest BCUT2D eigenvalue weighted by atomic mass is 32.2. The fourth-order valence-corrected chi connectivity index (χ4v) is 2.43. The summed E-state index contributed by atoms with van der Waals surface area (Å²) in [5.41, 5.74) is -1.71. The highest BCUT2D eigenvalue weighted by Gasteiger charge is 2.21. The van der Waals surface area contributed by atoms with Crippen molar-refractivity contribution in [3.63, 3.8) is 0 Å². The van der Waals surface area contributed by atoms with Gasteiger partial charge in [0.1, 0.15) is 0 Å². The van der Waals surface area contributed by atoms with E-state index in [9.17, 15) is 28.2 Å². The van der Waals surface area contributed by atoms with Gasteiger partial charge in [0.05, 0.1) is 16.8 Å². The van der Waals surface area contributed by atoms with E-state index in [0.29, 0.717) is 6.07 Å². The molecule has 0 aliphatic carbocycles. The molecule has 0 radical (unpaired) electrons. The fraction of sp³-hybridized carbons (Fsp3) is 0.200. The maximum absolute atomic E-state index is 11.0. The van der Waals surface area contributed by atoms with Crippen LogP contribution in [0.4, 0.5) is 0 Å². The van der Waals surface area contributed by atoms with Gasteiger partial charge in [-0.05, 0) is 31.0 Å². The minimum absolute atomic E-state index is 0.195. The second-order valence-corrected chi connectivity index (χ2v) is 4.99. The highest BCUT2D eigenvalue weighted by Crippen LogP contribution is 2.25. The van der Waals surface area contributed by atoms with E-state index in [4.69, 9.17) is 4.55 Å². The van der Waals surface area contributed by atoms with E-state index in [1.165, 1.54) is 6.92 Å². The number of carboxylic acid groups (broad SMARTS) is 2. The summed E-state index contributed by atoms with van der Waals surface area (Å²) in [6.45, 7) is 2.30. The number of carbonyl (C=O) groups excluding carboxylic acids is 2.